The molecule has 6 aliphatic heterocycles. The largest absolute Gasteiger partial charge is 1.00 e. The first-order valence-corrected chi connectivity index (χ1v) is 41.2. The average Bonchev–Trinajstić information content (AvgIpc) is 1.74. The number of para-hydroxylation sites is 2. The number of carbonyl (C=O) groups excluding carboxylic acids is 5. The number of carbonyl (C=O) groups is 5. The van der Waals surface area contributed by atoms with Gasteiger partial charge in [-0.15, -0.1) is 41.9 Å². The van der Waals surface area contributed by atoms with Gasteiger partial charge < -0.3 is 56.5 Å². The highest BCUT2D eigenvalue weighted by molar-refractivity contribution is 9.09. The lowest BCUT2D eigenvalue weighted by molar-refractivity contribution is -0.938. The van der Waals surface area contributed by atoms with E-state index in [1.54, 1.807) is 72.9 Å². The van der Waals surface area contributed by atoms with Crippen LogP contribution in [0, 0.1) is 250 Å². The van der Waals surface area contributed by atoms with Crippen LogP contribution in [0.3, 0.4) is 0 Å². The number of rotatable bonds is 16. The summed E-state index contributed by atoms with van der Waals surface area (Å²) in [5.41, 5.74) is 4.92. The normalized spacial score (nSPS) is 15.0. The van der Waals surface area contributed by atoms with Crippen LogP contribution in [0.15, 0.2) is 168 Å². The summed E-state index contributed by atoms with van der Waals surface area (Å²) in [6.45, 7) is 11.4. The highest BCUT2D eigenvalue weighted by Gasteiger charge is 2.49. The molecule has 4 bridgehead atoms. The van der Waals surface area contributed by atoms with Gasteiger partial charge in [0, 0.05) is 98.9 Å². The number of Topliss-reactive ketones (excluding diaryl/α,β-unsaturated/α-hetero) is 2. The molecule has 0 aliphatic carbocycles. The van der Waals surface area contributed by atoms with Crippen LogP contribution in [-0.4, -0.2) is 119 Å². The number of nitrogens with zero attached hydrogens (tertiary/aromatic N) is 2. The Morgan fingerprint density at radius 1 is 0.464 bits per heavy atom. The number of aromatic hydroxyl groups is 2. The number of hydrogen-bond donors (Lipinski definition) is 4. The summed E-state index contributed by atoms with van der Waals surface area (Å²) in [6, 6.07) is 47.5. The lowest BCUT2D eigenvalue weighted by Gasteiger charge is -2.51. The van der Waals surface area contributed by atoms with Crippen LogP contribution in [0.2, 0.25) is 0 Å². The number of esters is 3. The molecule has 6 saturated heterocycles. The molecule has 4 N–H and O–H groups in total. The number of terminal acetylenes is 3. The minimum atomic E-state index is -0.629. The molecule has 6 aliphatic rings. The monoisotopic (exact) mass is 1800 g/mol. The second kappa shape index (κ2) is 57.4. The molecule has 18 heteroatoms. The number of ketones is 2. The number of ether oxygens (including phenoxy) is 3. The maximum Gasteiger partial charge on any atom is 0.333 e. The first-order chi connectivity index (χ1) is 60.6. The Morgan fingerprint density at radius 2 is 0.800 bits per heavy atom. The maximum absolute atomic E-state index is 13.8. The number of thiophene rings is 2. The van der Waals surface area contributed by atoms with Crippen molar-refractivity contribution in [3.05, 3.63) is 191 Å². The zero-order valence-corrected chi connectivity index (χ0v) is 73.0. The molecule has 14 nitrogen and oxygen atoms in total. The standard InChI is InChI=1S/C31H30N2O4S.C23H24N2O2S.C22H2.C19H4.C8H7BrO2.C4H8O2.BrH/c34-24-12-10-21(11-13-24)27(35)18-33-16-14-22(15-17-33)28(19-33)37-31(36)30(32-23-6-2-1-3-7-23)26-20-38-29-9-5-4-8-25(26)29;26-23(27-20-14-25-12-10-16(20)11-13-25)22(24-17-6-2-1-3-7-17)19-15-28-21-9-5-4-8-18(19)21;1-3-5-7-9-11-13-15-17-19-21-22-20-18-16-14-12-10-8-6-4-2;1-3-5-7-9-11-13-15-17-19-18-16-14-12-10-8-6-4-2;9-5-8(11)6-1-3-7(10)4-2-6;1-3-6-4(2)5;/h1-13,20,22,28,30,32H,14-19H2;1-9,15-16,20,22,24H,10-14H2;1-2H;1H,2H3;1-4,10H,5H2;3H2,1-2H3;1H/t22?,28-,30?,33?;20-,22?;;;;;/m00...../s1. The Morgan fingerprint density at radius 3 is 1.13 bits per heavy atom. The number of phenols is 2. The quantitative estimate of drug-likeness (QED) is 0.0179. The smallest absolute Gasteiger partial charge is 0.333 e. The Kier molecular flexibility index (Phi) is 45.1. The number of hydrogen-bond acceptors (Lipinski definition) is 15. The van der Waals surface area contributed by atoms with Crippen LogP contribution in [0.4, 0.5) is 11.4 Å². The number of halogens is 2. The van der Waals surface area contributed by atoms with Crippen molar-refractivity contribution in [3.8, 4) is 250 Å². The SMILES string of the molecule is C#CC#CC#CC#CC#CC#CC#CC#CC#CC.C#CC#CC#CC#CC#CC#CC#CC#CC#CC#CC#C.CCOC(C)=O.O=C(CBr)c1ccc(O)cc1.O=C(C[N+]12CCC(CC1)[C@@H](OC(=O)C(Nc1ccccc1)c1csc3ccccc13)C2)c1ccc(O)cc1.O=C(O[C@H]1CN2CCC1CC2)C(Nc1ccccc1)c1csc2ccccc12.[Br-]. The van der Waals surface area contributed by atoms with Gasteiger partial charge in [0.25, 0.3) is 0 Å². The molecular weight excluding hydrogens is 1730 g/mol. The third-order valence-electron chi connectivity index (χ3n) is 18.1. The van der Waals surface area contributed by atoms with E-state index in [9.17, 15) is 29.1 Å². The van der Waals surface area contributed by atoms with Crippen molar-refractivity contribution < 1.29 is 69.9 Å². The fraction of sp³-hybridized carbons (Fsp3) is 0.206. The lowest BCUT2D eigenvalue weighted by atomic mass is 9.82. The number of benzene rings is 6. The molecule has 8 aromatic rings. The molecule has 4 atom stereocenters. The van der Waals surface area contributed by atoms with Crippen molar-refractivity contribution in [2.24, 2.45) is 11.8 Å². The average molecular weight is 1800 g/mol. The molecule has 2 aromatic heterocycles. The maximum atomic E-state index is 13.8. The van der Waals surface area contributed by atoms with Crippen molar-refractivity contribution in [1.29, 1.82) is 0 Å². The second-order valence-corrected chi connectivity index (χ2v) is 28.5. The molecule has 0 saturated carbocycles. The number of phenolic OH excluding ortho intramolecular Hbond substituents is 2. The summed E-state index contributed by atoms with van der Waals surface area (Å²) < 4.78 is 19.8. The van der Waals surface area contributed by atoms with Crippen molar-refractivity contribution >= 4 is 99.6 Å². The summed E-state index contributed by atoms with van der Waals surface area (Å²) in [5.74, 6) is 90.7. The van der Waals surface area contributed by atoms with Crippen LogP contribution in [-0.2, 0) is 28.6 Å². The van der Waals surface area contributed by atoms with Gasteiger partial charge in [0.2, 0.25) is 5.78 Å². The Hall–Kier alpha value is -15.7. The summed E-state index contributed by atoms with van der Waals surface area (Å²) in [7, 11) is 0. The topological polar surface area (TPSA) is 181 Å². The van der Waals surface area contributed by atoms with Crippen molar-refractivity contribution in [2.45, 2.75) is 70.7 Å². The van der Waals surface area contributed by atoms with Crippen LogP contribution in [0.1, 0.15) is 90.4 Å². The van der Waals surface area contributed by atoms with Gasteiger partial charge in [-0.2, -0.15) is 0 Å². The molecule has 610 valence electrons. The van der Waals surface area contributed by atoms with E-state index in [1.165, 1.54) is 23.8 Å². The van der Waals surface area contributed by atoms with Crippen LogP contribution in [0.25, 0.3) is 20.2 Å². The summed E-state index contributed by atoms with van der Waals surface area (Å²) in [5, 5.41) is 31.9. The predicted octanol–water partition coefficient (Wildman–Crippen LogP) is 11.0. The summed E-state index contributed by atoms with van der Waals surface area (Å²) in [6.07, 6.45) is 18.6. The van der Waals surface area contributed by atoms with Gasteiger partial charge in [-0.1, -0.05) is 94.6 Å². The minimum absolute atomic E-state index is 0. The highest BCUT2D eigenvalue weighted by atomic mass is 79.9. The van der Waals surface area contributed by atoms with Crippen molar-refractivity contribution in [2.75, 3.05) is 68.4 Å². The highest BCUT2D eigenvalue weighted by Crippen LogP contribution is 2.40. The zero-order valence-electron chi connectivity index (χ0n) is 68.2. The predicted molar refractivity (Wildman–Crippen MR) is 496 cm³/mol. The molecule has 6 fully saturated rings. The Bertz CT molecular complexity index is 6410. The van der Waals surface area contributed by atoms with Gasteiger partial charge in [0.1, 0.15) is 30.7 Å². The van der Waals surface area contributed by atoms with E-state index in [-0.39, 0.29) is 70.2 Å². The number of nitrogens with one attached hydrogen (secondary N) is 2. The molecule has 0 amide bonds. The number of quaternary nitrogens is 1. The number of piperidine rings is 6. The van der Waals surface area contributed by atoms with Gasteiger partial charge in [-0.05, 0) is 342 Å². The Balaban J connectivity index is 0.000000248. The third-order valence-corrected chi connectivity index (χ3v) is 20.5. The van der Waals surface area contributed by atoms with E-state index in [4.69, 9.17) is 33.9 Å². The van der Waals surface area contributed by atoms with Crippen LogP contribution in [0.5, 0.6) is 11.5 Å². The van der Waals surface area contributed by atoms with Gasteiger partial charge in [0.15, 0.2) is 24.0 Å². The lowest BCUT2D eigenvalue weighted by Crippen LogP contribution is -3.00. The first kappa shape index (κ1) is 98.1. The van der Waals surface area contributed by atoms with Crippen LogP contribution >= 0.6 is 38.6 Å². The first-order valence-electron chi connectivity index (χ1n) is 38.3. The van der Waals surface area contributed by atoms with E-state index < -0.39 is 12.1 Å². The van der Waals surface area contributed by atoms with Gasteiger partial charge in [0.05, 0.1) is 25.0 Å². The van der Waals surface area contributed by atoms with E-state index in [0.717, 1.165) is 96.4 Å². The minimum Gasteiger partial charge on any atom is -1.00 e. The molecule has 8 heterocycles. The van der Waals surface area contributed by atoms with Gasteiger partial charge in [-0.3, -0.25) is 19.3 Å². The molecule has 6 aromatic carbocycles. The zero-order chi connectivity index (χ0) is 88.5. The van der Waals surface area contributed by atoms with Crippen molar-refractivity contribution in [3.63, 3.8) is 0 Å². The van der Waals surface area contributed by atoms with Crippen LogP contribution < -0.4 is 27.6 Å². The molecular formula is C107H76Br2N4O10S2. The van der Waals surface area contributed by atoms with E-state index in [1.807, 2.05) is 90.3 Å². The third kappa shape index (κ3) is 36.0. The second-order valence-electron chi connectivity index (χ2n) is 26.1. The molecule has 0 spiro atoms. The summed E-state index contributed by atoms with van der Waals surface area (Å²) in [4.78, 5) is 63.5. The van der Waals surface area contributed by atoms with Gasteiger partial charge >= 0.3 is 17.9 Å². The number of anilines is 2. The summed E-state index contributed by atoms with van der Waals surface area (Å²) >= 11 is 6.36. The molecule has 0 radical (unpaired) electrons. The van der Waals surface area contributed by atoms with E-state index in [2.05, 4.69) is 285 Å². The fourth-order valence-corrected chi connectivity index (χ4v) is 14.8. The van der Waals surface area contributed by atoms with E-state index in [0.29, 0.717) is 52.5 Å². The Labute approximate surface area is 760 Å². The number of fused-ring (bicyclic) bond motifs is 8. The molecule has 14 rings (SSSR count). The van der Waals surface area contributed by atoms with E-state index >= 15 is 0 Å². The molecule has 2 unspecified atom stereocenters. The van der Waals surface area contributed by atoms with Crippen molar-refractivity contribution in [1.82, 2.24) is 4.90 Å². The molecule has 125 heavy (non-hydrogen) atoms. The fourth-order valence-electron chi connectivity index (χ4n) is 12.5. The van der Waals surface area contributed by atoms with Gasteiger partial charge in [-0.25, -0.2) is 9.59 Å². The number of alkyl halides is 1.